The number of rotatable bonds is 4. The van der Waals surface area contributed by atoms with Crippen molar-refractivity contribution in [2.45, 2.75) is 46.1 Å². The number of carbonyl (C=O) groups is 1. The Balaban J connectivity index is 1.33. The number of hydrogen-bond acceptors (Lipinski definition) is 2. The Labute approximate surface area is 187 Å². The number of halogens is 1. The minimum atomic E-state index is -0.266. The molecular formula is C27H29BrO2. The van der Waals surface area contributed by atoms with E-state index in [1.54, 1.807) is 0 Å². The Bertz CT molecular complexity index is 1120. The van der Waals surface area contributed by atoms with Crippen molar-refractivity contribution in [1.82, 2.24) is 0 Å². The smallest absolute Gasteiger partial charge is 0.306 e. The average molecular weight is 465 g/mol. The van der Waals surface area contributed by atoms with Crippen LogP contribution in [0.2, 0.25) is 0 Å². The number of fused-ring (bicyclic) bond motifs is 4. The number of hydrogen-bond donors (Lipinski definition) is 0. The molecule has 6 atom stereocenters. The van der Waals surface area contributed by atoms with E-state index in [1.807, 2.05) is 6.92 Å². The van der Waals surface area contributed by atoms with Crippen molar-refractivity contribution in [2.75, 3.05) is 0 Å². The number of benzene rings is 3. The molecule has 0 heterocycles. The largest absolute Gasteiger partial charge is 0.458 e. The highest BCUT2D eigenvalue weighted by Crippen LogP contribution is 2.56. The van der Waals surface area contributed by atoms with E-state index in [9.17, 15) is 4.79 Å². The second-order valence-electron chi connectivity index (χ2n) is 9.60. The van der Waals surface area contributed by atoms with Crippen LogP contribution in [0.15, 0.2) is 53.0 Å². The molecule has 2 saturated carbocycles. The molecule has 0 aliphatic heterocycles. The van der Waals surface area contributed by atoms with Crippen LogP contribution in [0.1, 0.15) is 51.7 Å². The van der Waals surface area contributed by atoms with Crippen LogP contribution in [-0.4, -0.2) is 5.97 Å². The second kappa shape index (κ2) is 7.67. The first kappa shape index (κ1) is 20.1. The zero-order valence-corrected chi connectivity index (χ0v) is 19.5. The van der Waals surface area contributed by atoms with Crippen molar-refractivity contribution in [3.8, 4) is 0 Å². The van der Waals surface area contributed by atoms with Gasteiger partial charge in [0.1, 0.15) is 6.10 Å². The summed E-state index contributed by atoms with van der Waals surface area (Å²) in [6.45, 7) is 6.73. The van der Waals surface area contributed by atoms with Gasteiger partial charge in [0.15, 0.2) is 0 Å². The fourth-order valence-corrected chi connectivity index (χ4v) is 6.96. The molecule has 2 fully saturated rings. The van der Waals surface area contributed by atoms with Gasteiger partial charge in [-0.25, -0.2) is 0 Å². The van der Waals surface area contributed by atoms with Gasteiger partial charge in [0, 0.05) is 16.5 Å². The van der Waals surface area contributed by atoms with Crippen LogP contribution < -0.4 is 0 Å². The van der Waals surface area contributed by atoms with Crippen molar-refractivity contribution in [3.05, 3.63) is 58.6 Å². The van der Waals surface area contributed by atoms with Gasteiger partial charge in [-0.1, -0.05) is 50.2 Å². The summed E-state index contributed by atoms with van der Waals surface area (Å²) in [4.78, 5) is 12.8. The molecule has 5 rings (SSSR count). The first-order valence-corrected chi connectivity index (χ1v) is 12.0. The van der Waals surface area contributed by atoms with Gasteiger partial charge in [0.05, 0.1) is 0 Å². The Hall–Kier alpha value is -1.87. The Morgan fingerprint density at radius 1 is 1.03 bits per heavy atom. The minimum Gasteiger partial charge on any atom is -0.458 e. The van der Waals surface area contributed by atoms with E-state index in [4.69, 9.17) is 4.74 Å². The van der Waals surface area contributed by atoms with Crippen LogP contribution in [0.3, 0.4) is 0 Å². The van der Waals surface area contributed by atoms with Crippen LogP contribution in [0.4, 0.5) is 0 Å². The molecule has 0 spiro atoms. The van der Waals surface area contributed by atoms with Crippen LogP contribution in [-0.2, 0) is 9.53 Å². The molecule has 3 aromatic carbocycles. The SMILES string of the molecule is CC(OC(=O)CC1CC2CC1C(C)C2C)c1ccc2cc3ccccc3cc2c1Br. The summed E-state index contributed by atoms with van der Waals surface area (Å²) in [5, 5.41) is 4.80. The monoisotopic (exact) mass is 464 g/mol. The van der Waals surface area contributed by atoms with Crippen molar-refractivity contribution < 1.29 is 9.53 Å². The molecular weight excluding hydrogens is 436 g/mol. The lowest BCUT2D eigenvalue weighted by Crippen LogP contribution is -2.26. The highest BCUT2D eigenvalue weighted by Gasteiger charge is 2.49. The summed E-state index contributed by atoms with van der Waals surface area (Å²) in [5.41, 5.74) is 1.03. The summed E-state index contributed by atoms with van der Waals surface area (Å²) in [6.07, 6.45) is 2.81. The lowest BCUT2D eigenvalue weighted by atomic mass is 9.74. The topological polar surface area (TPSA) is 26.3 Å². The van der Waals surface area contributed by atoms with E-state index in [-0.39, 0.29) is 12.1 Å². The van der Waals surface area contributed by atoms with E-state index in [1.165, 1.54) is 29.0 Å². The molecule has 2 aliphatic carbocycles. The van der Waals surface area contributed by atoms with Crippen LogP contribution >= 0.6 is 15.9 Å². The lowest BCUT2D eigenvalue weighted by molar-refractivity contribution is -0.150. The van der Waals surface area contributed by atoms with E-state index in [0.717, 1.165) is 33.2 Å². The molecule has 3 heteroatoms. The fraction of sp³-hybridized carbons (Fsp3) is 0.444. The van der Waals surface area contributed by atoms with Gasteiger partial charge in [-0.05, 0) is 99.0 Å². The summed E-state index contributed by atoms with van der Waals surface area (Å²) in [7, 11) is 0. The van der Waals surface area contributed by atoms with Gasteiger partial charge in [-0.3, -0.25) is 4.79 Å². The molecule has 2 nitrogen and oxygen atoms in total. The quantitative estimate of drug-likeness (QED) is 0.292. The maximum atomic E-state index is 12.8. The summed E-state index contributed by atoms with van der Waals surface area (Å²) in [5.74, 6) is 3.52. The summed E-state index contributed by atoms with van der Waals surface area (Å²) < 4.78 is 6.94. The Morgan fingerprint density at radius 2 is 1.77 bits per heavy atom. The molecule has 0 radical (unpaired) electrons. The fourth-order valence-electron chi connectivity index (χ4n) is 6.16. The van der Waals surface area contributed by atoms with Gasteiger partial charge >= 0.3 is 5.97 Å². The van der Waals surface area contributed by atoms with Crippen LogP contribution in [0, 0.1) is 29.6 Å². The van der Waals surface area contributed by atoms with Crippen molar-refractivity contribution in [3.63, 3.8) is 0 Å². The predicted octanol–water partition coefficient (Wildman–Crippen LogP) is 7.68. The van der Waals surface area contributed by atoms with Crippen molar-refractivity contribution in [2.24, 2.45) is 29.6 Å². The molecule has 2 bridgehead atoms. The zero-order chi connectivity index (χ0) is 21.0. The highest BCUT2D eigenvalue weighted by molar-refractivity contribution is 9.10. The third kappa shape index (κ3) is 3.36. The van der Waals surface area contributed by atoms with E-state index in [2.05, 4.69) is 78.3 Å². The molecule has 6 unspecified atom stereocenters. The average Bonchev–Trinajstić information content (AvgIpc) is 3.26. The molecule has 0 aromatic heterocycles. The van der Waals surface area contributed by atoms with Gasteiger partial charge < -0.3 is 4.74 Å². The first-order valence-electron chi connectivity index (χ1n) is 11.2. The van der Waals surface area contributed by atoms with Gasteiger partial charge in [0.2, 0.25) is 0 Å². The molecule has 3 aromatic rings. The second-order valence-corrected chi connectivity index (χ2v) is 10.4. The Kier molecular flexibility index (Phi) is 5.13. The predicted molar refractivity (Wildman–Crippen MR) is 126 cm³/mol. The molecule has 30 heavy (non-hydrogen) atoms. The zero-order valence-electron chi connectivity index (χ0n) is 17.9. The number of carbonyl (C=O) groups excluding carboxylic acids is 1. The van der Waals surface area contributed by atoms with Crippen molar-refractivity contribution >= 4 is 43.4 Å². The van der Waals surface area contributed by atoms with Gasteiger partial charge in [-0.2, -0.15) is 0 Å². The molecule has 0 N–H and O–H groups in total. The number of esters is 1. The summed E-state index contributed by atoms with van der Waals surface area (Å²) >= 11 is 3.80. The van der Waals surface area contributed by atoms with Crippen LogP contribution in [0.5, 0.6) is 0 Å². The third-order valence-corrected chi connectivity index (χ3v) is 8.94. The molecule has 2 aliphatic rings. The van der Waals surface area contributed by atoms with Crippen molar-refractivity contribution in [1.29, 1.82) is 0 Å². The number of ether oxygens (including phenoxy) is 1. The van der Waals surface area contributed by atoms with E-state index >= 15 is 0 Å². The maximum absolute atomic E-state index is 12.8. The Morgan fingerprint density at radius 3 is 2.47 bits per heavy atom. The highest BCUT2D eigenvalue weighted by atomic mass is 79.9. The normalized spacial score (nSPS) is 28.9. The first-order chi connectivity index (χ1) is 14.4. The molecule has 156 valence electrons. The van der Waals surface area contributed by atoms with E-state index in [0.29, 0.717) is 18.3 Å². The maximum Gasteiger partial charge on any atom is 0.306 e. The van der Waals surface area contributed by atoms with Gasteiger partial charge in [-0.15, -0.1) is 0 Å². The lowest BCUT2D eigenvalue weighted by Gasteiger charge is -2.31. The third-order valence-electron chi connectivity index (χ3n) is 8.06. The molecule has 0 saturated heterocycles. The standard InChI is InChI=1S/C27H29BrO2/c1-15-16(2)24-13-21(15)11-22(24)14-26(29)30-17(3)23-9-8-20-10-18-6-4-5-7-19(18)12-25(20)27(23)28/h4-10,12,15-17,21-22,24H,11,13-14H2,1-3H3. The minimum absolute atomic E-state index is 0.0505. The van der Waals surface area contributed by atoms with Crippen LogP contribution in [0.25, 0.3) is 21.5 Å². The summed E-state index contributed by atoms with van der Waals surface area (Å²) in [6, 6.07) is 17.0. The van der Waals surface area contributed by atoms with E-state index < -0.39 is 0 Å². The van der Waals surface area contributed by atoms with Gasteiger partial charge in [0.25, 0.3) is 0 Å². The molecule has 0 amide bonds.